The monoisotopic (exact) mass is 644 g/mol. The normalized spacial score (nSPS) is 25.8. The van der Waals surface area contributed by atoms with E-state index >= 15 is 9.59 Å². The fourth-order valence-electron chi connectivity index (χ4n) is 7.99. The molecular weight excluding hydrogens is 608 g/mol. The first kappa shape index (κ1) is 33.2. The second kappa shape index (κ2) is 12.2. The second-order valence-electron chi connectivity index (χ2n) is 11.6. The number of fused-ring (bicyclic) bond motifs is 4. The number of carbonyl (C=O) groups excluding carboxylic acids is 7. The van der Waals surface area contributed by atoms with Gasteiger partial charge in [0.05, 0.1) is 48.4 Å². The number of hydrogen-bond acceptors (Lipinski definition) is 10. The number of anilines is 2. The van der Waals surface area contributed by atoms with Gasteiger partial charge < -0.3 is 14.2 Å². The van der Waals surface area contributed by atoms with Gasteiger partial charge in [0, 0.05) is 25.3 Å². The average Bonchev–Trinajstić information content (AvgIpc) is 3.43. The number of benzene rings is 2. The van der Waals surface area contributed by atoms with Gasteiger partial charge in [0.15, 0.2) is 0 Å². The summed E-state index contributed by atoms with van der Waals surface area (Å²) >= 11 is 0. The molecule has 0 aromatic heterocycles. The highest BCUT2D eigenvalue weighted by atomic mass is 16.5. The summed E-state index contributed by atoms with van der Waals surface area (Å²) in [6.45, 7) is 10.7. The summed E-state index contributed by atoms with van der Waals surface area (Å²) in [4.78, 5) is 101. The minimum atomic E-state index is -2.26. The summed E-state index contributed by atoms with van der Waals surface area (Å²) < 4.78 is 16.5. The molecule has 0 bridgehead atoms. The Hall–Kier alpha value is -5.13. The molecule has 1 saturated carbocycles. The number of esters is 3. The minimum absolute atomic E-state index is 0.0480. The molecule has 0 N–H and O–H groups in total. The zero-order valence-corrected chi connectivity index (χ0v) is 26.9. The quantitative estimate of drug-likeness (QED) is 0.250. The van der Waals surface area contributed by atoms with Gasteiger partial charge in [-0.05, 0) is 50.5 Å². The molecule has 2 aromatic rings. The van der Waals surface area contributed by atoms with Crippen molar-refractivity contribution in [3.05, 3.63) is 71.8 Å². The van der Waals surface area contributed by atoms with Crippen LogP contribution in [-0.2, 0) is 58.6 Å². The lowest BCUT2D eigenvalue weighted by Crippen LogP contribution is -2.70. The number of hydrogen-bond donors (Lipinski definition) is 0. The van der Waals surface area contributed by atoms with Gasteiger partial charge >= 0.3 is 17.9 Å². The van der Waals surface area contributed by atoms with E-state index in [4.69, 9.17) is 14.2 Å². The first-order valence-electron chi connectivity index (χ1n) is 15.5. The van der Waals surface area contributed by atoms with Gasteiger partial charge in [-0.25, -0.2) is 14.6 Å². The fraction of sp³-hybridized carbons (Fsp3) is 0.400. The van der Waals surface area contributed by atoms with Gasteiger partial charge in [-0.2, -0.15) is 0 Å². The predicted octanol–water partition coefficient (Wildman–Crippen LogP) is 3.15. The Balaban J connectivity index is 2.01. The van der Waals surface area contributed by atoms with E-state index in [0.29, 0.717) is 0 Å². The Morgan fingerprint density at radius 2 is 1.13 bits per heavy atom. The van der Waals surface area contributed by atoms with Crippen LogP contribution in [0.2, 0.25) is 0 Å². The highest BCUT2D eigenvalue weighted by molar-refractivity contribution is 6.28. The molecule has 2 aromatic carbocycles. The van der Waals surface area contributed by atoms with Crippen LogP contribution in [0.3, 0.4) is 0 Å². The predicted molar refractivity (Wildman–Crippen MR) is 167 cm³/mol. The lowest BCUT2D eigenvalue weighted by atomic mass is 9.43. The summed E-state index contributed by atoms with van der Waals surface area (Å²) in [5, 5.41) is 0. The maximum Gasteiger partial charge on any atom is 0.333 e. The molecule has 0 saturated heterocycles. The molecule has 47 heavy (non-hydrogen) atoms. The van der Waals surface area contributed by atoms with Gasteiger partial charge in [0.25, 0.3) is 0 Å². The third-order valence-electron chi connectivity index (χ3n) is 9.46. The SMILES string of the molecule is C=C(C(=O)OCC)[C@@H]1C[C@H](C(=O)OCC)[C@]2(C(=O)N(C(C)=O)c3ccccc32)[C@H](C(=O)OCC)[C@@]12C(=O)N(C(C)=O)c1ccccc12. The first-order valence-corrected chi connectivity index (χ1v) is 15.5. The van der Waals surface area contributed by atoms with Crippen molar-refractivity contribution in [3.8, 4) is 0 Å². The van der Waals surface area contributed by atoms with E-state index in [0.717, 1.165) is 9.80 Å². The van der Waals surface area contributed by atoms with Crippen LogP contribution in [0.5, 0.6) is 0 Å². The zero-order valence-electron chi connectivity index (χ0n) is 26.9. The summed E-state index contributed by atoms with van der Waals surface area (Å²) in [6.07, 6.45) is -0.413. The van der Waals surface area contributed by atoms with E-state index in [1.165, 1.54) is 39.0 Å². The van der Waals surface area contributed by atoms with Gasteiger partial charge in [-0.3, -0.25) is 28.8 Å². The fourth-order valence-corrected chi connectivity index (χ4v) is 7.99. The highest BCUT2D eigenvalue weighted by Gasteiger charge is 2.79. The number of rotatable bonds is 7. The molecule has 2 spiro atoms. The summed E-state index contributed by atoms with van der Waals surface area (Å²) in [5.74, 6) is -10.9. The molecular formula is C35H36N2O10. The molecule has 5 atom stereocenters. The number of para-hydroxylation sites is 2. The third-order valence-corrected chi connectivity index (χ3v) is 9.46. The lowest BCUT2D eigenvalue weighted by Gasteiger charge is -2.55. The number of amides is 4. The van der Waals surface area contributed by atoms with Crippen LogP contribution >= 0.6 is 0 Å². The van der Waals surface area contributed by atoms with Crippen LogP contribution in [0.15, 0.2) is 60.7 Å². The summed E-state index contributed by atoms with van der Waals surface area (Å²) in [6, 6.07) is 12.5. The van der Waals surface area contributed by atoms with Gasteiger partial charge in [-0.15, -0.1) is 0 Å². The Kier molecular flexibility index (Phi) is 8.65. The van der Waals surface area contributed by atoms with E-state index in [2.05, 4.69) is 6.58 Å². The molecule has 12 heteroatoms. The van der Waals surface area contributed by atoms with Crippen LogP contribution in [0.1, 0.15) is 52.2 Å². The topological polar surface area (TPSA) is 154 Å². The summed E-state index contributed by atoms with van der Waals surface area (Å²) in [5.41, 5.74) is -4.19. The minimum Gasteiger partial charge on any atom is -0.466 e. The van der Waals surface area contributed by atoms with Crippen molar-refractivity contribution in [3.63, 3.8) is 0 Å². The van der Waals surface area contributed by atoms with Crippen molar-refractivity contribution in [2.45, 2.75) is 51.9 Å². The summed E-state index contributed by atoms with van der Waals surface area (Å²) in [7, 11) is 0. The largest absolute Gasteiger partial charge is 0.466 e. The Bertz CT molecular complexity index is 1730. The van der Waals surface area contributed by atoms with Crippen LogP contribution in [0.25, 0.3) is 0 Å². The van der Waals surface area contributed by atoms with Gasteiger partial charge in [-0.1, -0.05) is 43.0 Å². The van der Waals surface area contributed by atoms with E-state index in [1.54, 1.807) is 44.2 Å². The number of ether oxygens (including phenoxy) is 3. The molecule has 2 heterocycles. The molecule has 2 aliphatic heterocycles. The second-order valence-corrected chi connectivity index (χ2v) is 11.6. The standard InChI is InChI=1S/C35H36N2O10/c1-7-45-29(40)19(4)24-18-25(30(41)46-8-2)35(23-15-11-13-17-27(23)37(21(6)39)33(35)44)28(31(42)47-9-3)34(24)22-14-10-12-16-26(22)36(20(5)38)32(34)43/h10-17,24-25,28H,4,7-9,18H2,1-3,5-6H3/t24-,25+,28+,34-,35-/m0/s1. The van der Waals surface area contributed by atoms with Crippen LogP contribution in [0, 0.1) is 17.8 Å². The van der Waals surface area contributed by atoms with Crippen LogP contribution in [0.4, 0.5) is 11.4 Å². The molecule has 1 aliphatic carbocycles. The van der Waals surface area contributed by atoms with Crippen LogP contribution in [-0.4, -0.2) is 61.4 Å². The molecule has 0 radical (unpaired) electrons. The molecule has 5 rings (SSSR count). The van der Waals surface area contributed by atoms with E-state index in [1.807, 2.05) is 0 Å². The Labute approximate surface area is 271 Å². The number of imide groups is 2. The average molecular weight is 645 g/mol. The van der Waals surface area contributed by atoms with Crippen molar-refractivity contribution in [2.75, 3.05) is 29.6 Å². The zero-order chi connectivity index (χ0) is 34.4. The third kappa shape index (κ3) is 4.44. The Morgan fingerprint density at radius 3 is 1.57 bits per heavy atom. The number of carbonyl (C=O) groups is 7. The first-order chi connectivity index (χ1) is 22.4. The van der Waals surface area contributed by atoms with Gasteiger partial charge in [0.1, 0.15) is 5.41 Å². The van der Waals surface area contributed by atoms with E-state index in [-0.39, 0.29) is 47.9 Å². The smallest absolute Gasteiger partial charge is 0.333 e. The van der Waals surface area contributed by atoms with Crippen LogP contribution < -0.4 is 9.80 Å². The molecule has 0 unspecified atom stereocenters. The van der Waals surface area contributed by atoms with E-state index in [9.17, 15) is 24.0 Å². The maximum atomic E-state index is 15.2. The Morgan fingerprint density at radius 1 is 0.702 bits per heavy atom. The van der Waals surface area contributed by atoms with Crippen molar-refractivity contribution in [1.82, 2.24) is 0 Å². The molecule has 12 nitrogen and oxygen atoms in total. The highest BCUT2D eigenvalue weighted by Crippen LogP contribution is 2.67. The van der Waals surface area contributed by atoms with Crippen molar-refractivity contribution in [1.29, 1.82) is 0 Å². The van der Waals surface area contributed by atoms with E-state index < -0.39 is 76.5 Å². The molecule has 4 amide bonds. The number of nitrogens with zero attached hydrogens (tertiary/aromatic N) is 2. The van der Waals surface area contributed by atoms with Gasteiger partial charge in [0.2, 0.25) is 23.6 Å². The lowest BCUT2D eigenvalue weighted by molar-refractivity contribution is -0.176. The molecule has 1 fully saturated rings. The molecule has 246 valence electrons. The maximum absolute atomic E-state index is 15.2. The molecule has 3 aliphatic rings. The van der Waals surface area contributed by atoms with Crippen molar-refractivity contribution >= 4 is 52.9 Å². The van der Waals surface area contributed by atoms with Crippen molar-refractivity contribution < 1.29 is 47.8 Å². The van der Waals surface area contributed by atoms with Crippen molar-refractivity contribution in [2.24, 2.45) is 17.8 Å².